The Morgan fingerprint density at radius 1 is 1.38 bits per heavy atom. The lowest BCUT2D eigenvalue weighted by Gasteiger charge is -2.08. The summed E-state index contributed by atoms with van der Waals surface area (Å²) in [6.07, 6.45) is 1.69. The van der Waals surface area contributed by atoms with Gasteiger partial charge in [0.2, 0.25) is 5.91 Å². The molecule has 110 valence electrons. The van der Waals surface area contributed by atoms with Gasteiger partial charge in [0.25, 0.3) is 0 Å². The van der Waals surface area contributed by atoms with E-state index < -0.39 is 4.92 Å². The topological polar surface area (TPSA) is 90.1 Å². The molecule has 0 spiro atoms. The highest BCUT2D eigenvalue weighted by molar-refractivity contribution is 5.91. The first-order chi connectivity index (χ1) is 9.95. The molecule has 0 bridgehead atoms. The Morgan fingerprint density at radius 3 is 2.81 bits per heavy atom. The van der Waals surface area contributed by atoms with Crippen molar-refractivity contribution in [3.8, 4) is 0 Å². The van der Waals surface area contributed by atoms with Crippen LogP contribution in [0.5, 0.6) is 0 Å². The van der Waals surface area contributed by atoms with Crippen molar-refractivity contribution in [3.63, 3.8) is 0 Å². The molecule has 0 atom stereocenters. The van der Waals surface area contributed by atoms with Gasteiger partial charge in [0.05, 0.1) is 23.9 Å². The number of benzene rings is 1. The van der Waals surface area contributed by atoms with Crippen molar-refractivity contribution in [2.45, 2.75) is 26.8 Å². The van der Waals surface area contributed by atoms with Crippen molar-refractivity contribution in [2.24, 2.45) is 0 Å². The maximum absolute atomic E-state index is 11.9. The second kappa shape index (κ2) is 6.17. The monoisotopic (exact) mass is 288 g/mol. The molecule has 0 saturated carbocycles. The van der Waals surface area contributed by atoms with Crippen LogP contribution in [0.3, 0.4) is 0 Å². The summed E-state index contributed by atoms with van der Waals surface area (Å²) in [6, 6.07) is 7.14. The molecule has 2 rings (SSSR count). The van der Waals surface area contributed by atoms with E-state index >= 15 is 0 Å². The van der Waals surface area contributed by atoms with Crippen molar-refractivity contribution < 1.29 is 9.72 Å². The van der Waals surface area contributed by atoms with E-state index in [1.807, 2.05) is 32.0 Å². The number of anilines is 1. The molecule has 7 nitrogen and oxygen atoms in total. The third-order valence-corrected chi connectivity index (χ3v) is 3.05. The van der Waals surface area contributed by atoms with Gasteiger partial charge in [-0.3, -0.25) is 4.79 Å². The Morgan fingerprint density at radius 2 is 2.14 bits per heavy atom. The summed E-state index contributed by atoms with van der Waals surface area (Å²) in [4.78, 5) is 21.9. The molecular formula is C14H16N4O3. The van der Waals surface area contributed by atoms with Gasteiger partial charge in [0.1, 0.15) is 0 Å². The van der Waals surface area contributed by atoms with Gasteiger partial charge in [-0.05, 0) is 36.0 Å². The summed E-state index contributed by atoms with van der Waals surface area (Å²) in [5.74, 6) is -0.369. The zero-order valence-electron chi connectivity index (χ0n) is 11.9. The normalized spacial score (nSPS) is 10.4. The molecule has 0 saturated heterocycles. The number of rotatable bonds is 5. The maximum Gasteiger partial charge on any atom is 0.389 e. The molecule has 2 aromatic rings. The van der Waals surface area contributed by atoms with Gasteiger partial charge in [-0.2, -0.15) is 4.68 Å². The van der Waals surface area contributed by atoms with Crippen LogP contribution in [0.15, 0.2) is 30.5 Å². The van der Waals surface area contributed by atoms with E-state index in [9.17, 15) is 14.9 Å². The zero-order valence-corrected chi connectivity index (χ0v) is 11.9. The number of nitro groups is 1. The predicted molar refractivity (Wildman–Crippen MR) is 78.0 cm³/mol. The van der Waals surface area contributed by atoms with Crippen LogP contribution in [-0.2, 0) is 11.3 Å². The highest BCUT2D eigenvalue weighted by Gasteiger charge is 2.12. The molecule has 1 heterocycles. The third kappa shape index (κ3) is 3.88. The average molecular weight is 288 g/mol. The van der Waals surface area contributed by atoms with Crippen LogP contribution in [-0.4, -0.2) is 20.6 Å². The molecule has 0 aliphatic heterocycles. The van der Waals surface area contributed by atoms with E-state index in [1.165, 1.54) is 16.9 Å². The third-order valence-electron chi connectivity index (χ3n) is 3.05. The molecule has 0 unspecified atom stereocenters. The summed E-state index contributed by atoms with van der Waals surface area (Å²) in [7, 11) is 0. The predicted octanol–water partition coefficient (Wildman–Crippen LogP) is 2.44. The zero-order chi connectivity index (χ0) is 15.4. The Bertz CT molecular complexity index is 679. The summed E-state index contributed by atoms with van der Waals surface area (Å²) in [5.41, 5.74) is 2.84. The van der Waals surface area contributed by atoms with Gasteiger partial charge in [-0.25, -0.2) is 0 Å². The largest absolute Gasteiger partial charge is 0.389 e. The molecule has 1 N–H and O–H groups in total. The van der Waals surface area contributed by atoms with E-state index in [1.54, 1.807) is 0 Å². The molecule has 0 fully saturated rings. The lowest BCUT2D eigenvalue weighted by atomic mass is 10.1. The van der Waals surface area contributed by atoms with Gasteiger partial charge >= 0.3 is 5.82 Å². The van der Waals surface area contributed by atoms with E-state index in [0.29, 0.717) is 6.54 Å². The van der Waals surface area contributed by atoms with Crippen LogP contribution in [0.4, 0.5) is 11.5 Å². The fourth-order valence-corrected chi connectivity index (χ4v) is 1.87. The Labute approximate surface area is 121 Å². The fraction of sp³-hybridized carbons (Fsp3) is 0.286. The van der Waals surface area contributed by atoms with Crippen LogP contribution in [0.1, 0.15) is 17.5 Å². The minimum absolute atomic E-state index is 0.151. The van der Waals surface area contributed by atoms with Crippen LogP contribution in [0.2, 0.25) is 0 Å². The molecule has 0 aliphatic carbocycles. The summed E-state index contributed by atoms with van der Waals surface area (Å²) in [6.45, 7) is 4.18. The lowest BCUT2D eigenvalue weighted by Crippen LogP contribution is -2.15. The van der Waals surface area contributed by atoms with Gasteiger partial charge in [0.15, 0.2) is 0 Å². The van der Waals surface area contributed by atoms with Crippen molar-refractivity contribution in [1.29, 1.82) is 0 Å². The van der Waals surface area contributed by atoms with Crippen LogP contribution < -0.4 is 5.32 Å². The van der Waals surface area contributed by atoms with Crippen molar-refractivity contribution in [3.05, 3.63) is 51.7 Å². The number of aryl methyl sites for hydroxylation is 3. The van der Waals surface area contributed by atoms with Crippen molar-refractivity contribution in [2.75, 3.05) is 5.32 Å². The lowest BCUT2D eigenvalue weighted by molar-refractivity contribution is -0.389. The Hall–Kier alpha value is -2.70. The van der Waals surface area contributed by atoms with Crippen molar-refractivity contribution in [1.82, 2.24) is 9.78 Å². The standard InChI is InChI=1S/C14H16N4O3/c1-10-3-4-11(2)12(9-10)15-14(19)6-8-17-7-5-13(16-17)18(20)21/h3-5,7,9H,6,8H2,1-2H3,(H,15,19). The van der Waals surface area contributed by atoms with Crippen LogP contribution in [0.25, 0.3) is 0 Å². The molecular weight excluding hydrogens is 272 g/mol. The highest BCUT2D eigenvalue weighted by atomic mass is 16.6. The second-order valence-corrected chi connectivity index (χ2v) is 4.81. The number of aromatic nitrogens is 2. The number of amides is 1. The highest BCUT2D eigenvalue weighted by Crippen LogP contribution is 2.16. The Balaban J connectivity index is 1.92. The number of nitrogens with zero attached hydrogens (tertiary/aromatic N) is 3. The quantitative estimate of drug-likeness (QED) is 0.675. The number of carbonyl (C=O) groups is 1. The second-order valence-electron chi connectivity index (χ2n) is 4.81. The molecule has 21 heavy (non-hydrogen) atoms. The molecule has 1 amide bonds. The first-order valence-electron chi connectivity index (χ1n) is 6.50. The molecule has 7 heteroatoms. The van der Waals surface area contributed by atoms with Gasteiger partial charge < -0.3 is 15.4 Å². The molecule has 1 aromatic heterocycles. The number of hydrogen-bond donors (Lipinski definition) is 1. The van der Waals surface area contributed by atoms with E-state index in [-0.39, 0.29) is 18.1 Å². The molecule has 1 aromatic carbocycles. The molecule has 0 radical (unpaired) electrons. The van der Waals surface area contributed by atoms with Crippen LogP contribution in [0, 0.1) is 24.0 Å². The van der Waals surface area contributed by atoms with E-state index in [4.69, 9.17) is 0 Å². The Kier molecular flexibility index (Phi) is 4.32. The maximum atomic E-state index is 11.9. The number of hydrogen-bond acceptors (Lipinski definition) is 4. The smallest absolute Gasteiger partial charge is 0.358 e. The van der Waals surface area contributed by atoms with Gasteiger partial charge in [-0.15, -0.1) is 0 Å². The van der Waals surface area contributed by atoms with Crippen molar-refractivity contribution >= 4 is 17.4 Å². The first kappa shape index (κ1) is 14.7. The van der Waals surface area contributed by atoms with E-state index in [2.05, 4.69) is 10.4 Å². The minimum atomic E-state index is -0.563. The SMILES string of the molecule is Cc1ccc(C)c(NC(=O)CCn2ccc([N+](=O)[O-])n2)c1. The average Bonchev–Trinajstić information content (AvgIpc) is 2.90. The fourth-order valence-electron chi connectivity index (χ4n) is 1.87. The number of nitrogens with one attached hydrogen (secondary N) is 1. The van der Waals surface area contributed by atoms with E-state index in [0.717, 1.165) is 16.8 Å². The number of carbonyl (C=O) groups excluding carboxylic acids is 1. The summed E-state index contributed by atoms with van der Waals surface area (Å²) in [5, 5.41) is 17.1. The van der Waals surface area contributed by atoms with Gasteiger partial charge in [0, 0.05) is 12.1 Å². The summed E-state index contributed by atoms with van der Waals surface area (Å²) >= 11 is 0. The summed E-state index contributed by atoms with van der Waals surface area (Å²) < 4.78 is 1.39. The van der Waals surface area contributed by atoms with Crippen LogP contribution >= 0.6 is 0 Å². The van der Waals surface area contributed by atoms with Gasteiger partial charge in [-0.1, -0.05) is 12.1 Å². The molecule has 0 aliphatic rings. The minimum Gasteiger partial charge on any atom is -0.358 e. The first-order valence-corrected chi connectivity index (χ1v) is 6.50.